The zero-order valence-corrected chi connectivity index (χ0v) is 25.8. The number of pyridine rings is 1. The molecule has 0 spiro atoms. The maximum atomic E-state index is 13.6. The fourth-order valence-electron chi connectivity index (χ4n) is 5.64. The predicted octanol–water partition coefficient (Wildman–Crippen LogP) is 7.58. The molecule has 0 aliphatic carbocycles. The van der Waals surface area contributed by atoms with Gasteiger partial charge in [-0.05, 0) is 79.4 Å². The normalized spacial score (nSPS) is 18.4. The third-order valence-corrected chi connectivity index (χ3v) is 8.35. The van der Waals surface area contributed by atoms with Crippen molar-refractivity contribution < 1.29 is 50.1 Å². The van der Waals surface area contributed by atoms with Gasteiger partial charge in [0.1, 0.15) is 17.7 Å². The van der Waals surface area contributed by atoms with E-state index in [1.807, 2.05) is 24.0 Å². The van der Waals surface area contributed by atoms with E-state index < -0.39 is 53.3 Å². The third-order valence-electron chi connectivity index (χ3n) is 8.35. The number of halogens is 6. The van der Waals surface area contributed by atoms with Gasteiger partial charge in [0.2, 0.25) is 0 Å². The van der Waals surface area contributed by atoms with Crippen molar-refractivity contribution in [3.8, 4) is 16.9 Å². The first-order chi connectivity index (χ1) is 22.1. The van der Waals surface area contributed by atoms with Crippen molar-refractivity contribution in [2.24, 2.45) is 0 Å². The highest BCUT2D eigenvalue weighted by Crippen LogP contribution is 2.43. The topological polar surface area (TPSA) is 81.2 Å². The Labute approximate surface area is 266 Å². The van der Waals surface area contributed by atoms with Crippen LogP contribution in [0, 0.1) is 6.92 Å². The van der Waals surface area contributed by atoms with E-state index in [1.54, 1.807) is 18.2 Å². The van der Waals surface area contributed by atoms with Crippen LogP contribution in [0.2, 0.25) is 0 Å². The number of carbonyl (C=O) groups is 2. The Morgan fingerprint density at radius 2 is 1.68 bits per heavy atom. The van der Waals surface area contributed by atoms with Crippen LogP contribution in [-0.4, -0.2) is 55.3 Å². The quantitative estimate of drug-likeness (QED) is 0.140. The summed E-state index contributed by atoms with van der Waals surface area (Å²) in [6, 6.07) is 7.32. The molecule has 3 aromatic rings. The lowest BCUT2D eigenvalue weighted by atomic mass is 9.93. The van der Waals surface area contributed by atoms with E-state index in [9.17, 15) is 35.9 Å². The third kappa shape index (κ3) is 6.86. The minimum Gasteiger partial charge on any atom is -0.496 e. The number of anilines is 1. The van der Waals surface area contributed by atoms with Crippen LogP contribution in [0.5, 0.6) is 5.75 Å². The van der Waals surface area contributed by atoms with Crippen molar-refractivity contribution >= 4 is 24.0 Å². The summed E-state index contributed by atoms with van der Waals surface area (Å²) in [6.45, 7) is 4.67. The second-order valence-corrected chi connectivity index (χ2v) is 11.2. The van der Waals surface area contributed by atoms with E-state index in [4.69, 9.17) is 19.2 Å². The summed E-state index contributed by atoms with van der Waals surface area (Å²) in [7, 11) is 2.74. The SMILES string of the molecule is COC(=O)/C=C/c1ccc(OC)c(-c2ccc(N3CCC3)nc2CN2C(=O)O[C@H](c3cc(C(F)(F)F)cc(C(F)(F)F)c3)[C@@H]2C)c1C. The van der Waals surface area contributed by atoms with E-state index in [0.717, 1.165) is 19.5 Å². The van der Waals surface area contributed by atoms with Gasteiger partial charge in [0.05, 0.1) is 43.6 Å². The van der Waals surface area contributed by atoms with E-state index >= 15 is 0 Å². The second kappa shape index (κ2) is 12.8. The fraction of sp³-hybridized carbons (Fsp3) is 0.364. The van der Waals surface area contributed by atoms with Crippen LogP contribution < -0.4 is 9.64 Å². The molecule has 0 saturated carbocycles. The van der Waals surface area contributed by atoms with Gasteiger partial charge in [-0.15, -0.1) is 0 Å². The molecule has 0 N–H and O–H groups in total. The molecular weight excluding hydrogens is 632 g/mol. The van der Waals surface area contributed by atoms with Crippen molar-refractivity contribution in [1.29, 1.82) is 0 Å². The molecule has 0 unspecified atom stereocenters. The molecule has 1 amide bonds. The van der Waals surface area contributed by atoms with Crippen LogP contribution in [0.25, 0.3) is 17.2 Å². The molecule has 5 rings (SSSR count). The maximum absolute atomic E-state index is 13.6. The van der Waals surface area contributed by atoms with Crippen LogP contribution in [-0.2, 0) is 33.2 Å². The van der Waals surface area contributed by atoms with E-state index in [-0.39, 0.29) is 12.6 Å². The first-order valence-corrected chi connectivity index (χ1v) is 14.6. The molecule has 2 fully saturated rings. The van der Waals surface area contributed by atoms with Crippen LogP contribution >= 0.6 is 0 Å². The van der Waals surface area contributed by atoms with Crippen molar-refractivity contribution in [3.05, 3.63) is 82.1 Å². The number of aromatic nitrogens is 1. The molecule has 2 aromatic carbocycles. The molecule has 2 saturated heterocycles. The highest BCUT2D eigenvalue weighted by molar-refractivity contribution is 5.88. The Bertz CT molecular complexity index is 1690. The Morgan fingerprint density at radius 1 is 1.02 bits per heavy atom. The number of ether oxygens (including phenoxy) is 3. The van der Waals surface area contributed by atoms with Gasteiger partial charge < -0.3 is 19.1 Å². The molecule has 47 heavy (non-hydrogen) atoms. The van der Waals surface area contributed by atoms with Gasteiger partial charge >= 0.3 is 24.4 Å². The number of esters is 1. The largest absolute Gasteiger partial charge is 0.496 e. The molecule has 0 bridgehead atoms. The molecule has 1 aromatic heterocycles. The molecule has 0 radical (unpaired) electrons. The lowest BCUT2D eigenvalue weighted by Crippen LogP contribution is -2.38. The van der Waals surface area contributed by atoms with Crippen molar-refractivity contribution in [2.45, 2.75) is 51.3 Å². The summed E-state index contributed by atoms with van der Waals surface area (Å²) in [5, 5.41) is 0. The molecule has 2 aliphatic rings. The fourth-order valence-corrected chi connectivity index (χ4v) is 5.64. The number of nitrogens with zero attached hydrogens (tertiary/aromatic N) is 3. The number of methoxy groups -OCH3 is 2. The summed E-state index contributed by atoms with van der Waals surface area (Å²) >= 11 is 0. The highest BCUT2D eigenvalue weighted by atomic mass is 19.4. The summed E-state index contributed by atoms with van der Waals surface area (Å²) in [5.74, 6) is 0.552. The Morgan fingerprint density at radius 3 is 2.23 bits per heavy atom. The summed E-state index contributed by atoms with van der Waals surface area (Å²) in [4.78, 5) is 33.1. The molecular formula is C33H31F6N3O5. The lowest BCUT2D eigenvalue weighted by Gasteiger charge is -2.33. The number of hydrogen-bond donors (Lipinski definition) is 0. The average Bonchev–Trinajstić information content (AvgIpc) is 3.27. The molecule has 2 aliphatic heterocycles. The van der Waals surface area contributed by atoms with Gasteiger partial charge in [-0.1, -0.05) is 6.07 Å². The second-order valence-electron chi connectivity index (χ2n) is 11.2. The zero-order valence-electron chi connectivity index (χ0n) is 25.8. The smallest absolute Gasteiger partial charge is 0.416 e. The van der Waals surface area contributed by atoms with Gasteiger partial charge in [-0.2, -0.15) is 26.3 Å². The standard InChI is InChI=1S/C33H31F6N3O5/c1-18-20(7-11-28(43)46-4)6-9-26(45-3)29(18)24-8-10-27(41-12-5-13-41)40-25(24)17-42-19(2)30(47-31(42)44)21-14-22(32(34,35)36)16-23(15-21)33(37,38)39/h6-11,14-16,19,30H,5,12-13,17H2,1-4H3/b11-7+/t19-,30-/m0/s1. The average molecular weight is 664 g/mol. The van der Waals surface area contributed by atoms with Gasteiger partial charge in [0.15, 0.2) is 0 Å². The van der Waals surface area contributed by atoms with Crippen molar-refractivity contribution in [1.82, 2.24) is 9.88 Å². The summed E-state index contributed by atoms with van der Waals surface area (Å²) < 4.78 is 97.4. The Hall–Kier alpha value is -4.75. The number of carbonyl (C=O) groups excluding carboxylic acids is 2. The minimum atomic E-state index is -5.06. The number of cyclic esters (lactones) is 1. The lowest BCUT2D eigenvalue weighted by molar-refractivity contribution is -0.143. The van der Waals surface area contributed by atoms with Gasteiger partial charge in [0, 0.05) is 30.3 Å². The molecule has 8 nitrogen and oxygen atoms in total. The van der Waals surface area contributed by atoms with Crippen molar-refractivity contribution in [3.63, 3.8) is 0 Å². The summed E-state index contributed by atoms with van der Waals surface area (Å²) in [6.07, 6.45) is -8.64. The number of alkyl halides is 6. The Kier molecular flexibility index (Phi) is 9.15. The van der Waals surface area contributed by atoms with Crippen molar-refractivity contribution in [2.75, 3.05) is 32.2 Å². The number of hydrogen-bond acceptors (Lipinski definition) is 7. The van der Waals surface area contributed by atoms with E-state index in [0.29, 0.717) is 51.6 Å². The zero-order chi connectivity index (χ0) is 34.3. The number of amides is 1. The van der Waals surface area contributed by atoms with Crippen LogP contribution in [0.4, 0.5) is 37.0 Å². The number of benzene rings is 2. The van der Waals surface area contributed by atoms with Gasteiger partial charge in [0.25, 0.3) is 0 Å². The van der Waals surface area contributed by atoms with E-state index in [1.165, 1.54) is 32.1 Å². The first kappa shape index (κ1) is 33.6. The maximum Gasteiger partial charge on any atom is 0.416 e. The predicted molar refractivity (Wildman–Crippen MR) is 160 cm³/mol. The van der Waals surface area contributed by atoms with Crippen LogP contribution in [0.3, 0.4) is 0 Å². The molecule has 3 heterocycles. The van der Waals surface area contributed by atoms with Gasteiger partial charge in [-0.25, -0.2) is 14.6 Å². The first-order valence-electron chi connectivity index (χ1n) is 14.6. The molecule has 2 atom stereocenters. The molecule has 14 heteroatoms. The van der Waals surface area contributed by atoms with Gasteiger partial charge in [-0.3, -0.25) is 4.90 Å². The number of rotatable bonds is 8. The monoisotopic (exact) mass is 663 g/mol. The minimum absolute atomic E-state index is 0.0321. The highest BCUT2D eigenvalue weighted by Gasteiger charge is 2.43. The summed E-state index contributed by atoms with van der Waals surface area (Å²) in [5.41, 5.74) is -0.473. The van der Waals surface area contributed by atoms with Crippen LogP contribution in [0.1, 0.15) is 53.0 Å². The Balaban J connectivity index is 1.57. The van der Waals surface area contributed by atoms with Crippen LogP contribution in [0.15, 0.2) is 48.5 Å². The van der Waals surface area contributed by atoms with E-state index in [2.05, 4.69) is 0 Å². The molecule has 250 valence electrons.